The molecule has 88 heavy (non-hydrogen) atoms. The fraction of sp³-hybridized carbons (Fsp3) is 0.587. The zero-order chi connectivity index (χ0) is 71.4. The van der Waals surface area contributed by atoms with Gasteiger partial charge in [0.25, 0.3) is 0 Å². The van der Waals surface area contributed by atoms with Gasteiger partial charge < -0.3 is 142 Å². The predicted molar refractivity (Wildman–Crippen MR) is 327 cm³/mol. The molecule has 0 fully saturated rings. The second-order valence-electron chi connectivity index (χ2n) is 16.7. The van der Waals surface area contributed by atoms with Crippen molar-refractivity contribution in [2.75, 3.05) is 43.1 Å². The smallest absolute Gasteiger partial charge is 0.321 e. The molecule has 1 rings (SSSR count). The summed E-state index contributed by atoms with van der Waals surface area (Å²) in [5.41, 5.74) is 75.3. The molecule has 39 nitrogen and oxygen atoms in total. The standard InChI is InChI=1S/C9H11NO3.2C6H14N2O2.C5H11NO2S.3C4H8N2O3.2C3H7NO2S.C2H5NO2/c10-8(9(12)13)5-6-1-3-7(11)4-2-6;2*7-4-2-1-3-5(8)6(9)10;1-9-3-2-4(6)5(7)8;3*5-2(4(8)9)1-3(6)7;2*4-2(1-7)3(5)6;3-1-2(4)5/h1-4,8,11H,5,10H2,(H,12,13);2*5H,1-4,7-8H2,(H,9,10);4H,2-3,6H2,1H3,(H,7,8);3*2H,1,5H2,(H2,6,7)(H,8,9);2*2,7H,1,4H2,(H,5,6);1,3H2,(H,4,5)/t8-;2*5-;4-;5*2-;/m000000000./s1. The van der Waals surface area contributed by atoms with Crippen molar-refractivity contribution in [3.63, 3.8) is 0 Å². The summed E-state index contributed by atoms with van der Waals surface area (Å²) in [5, 5.41) is 90.3. The minimum Gasteiger partial charge on any atom is -0.508 e. The molecule has 1 aromatic rings. The minimum atomic E-state index is -1.21. The third-order valence-corrected chi connectivity index (χ3v) is 10.1. The number of amides is 3. The van der Waals surface area contributed by atoms with Crippen LogP contribution in [0.5, 0.6) is 5.75 Å². The number of rotatable bonds is 31. The van der Waals surface area contributed by atoms with Gasteiger partial charge in [-0.25, -0.2) is 0 Å². The number of aliphatic carboxylic acids is 10. The molecule has 0 saturated carbocycles. The van der Waals surface area contributed by atoms with E-state index < -0.39 is 132 Å². The number of carbonyl (C=O) groups excluding carboxylic acids is 3. The van der Waals surface area contributed by atoms with E-state index in [1.54, 1.807) is 23.9 Å². The van der Waals surface area contributed by atoms with E-state index in [4.69, 9.17) is 119 Å². The first kappa shape index (κ1) is 99.7. The molecule has 0 bridgehead atoms. The number of carbonyl (C=O) groups is 13. The summed E-state index contributed by atoms with van der Waals surface area (Å²) >= 11 is 8.90. The van der Waals surface area contributed by atoms with Crippen LogP contribution in [0.15, 0.2) is 24.3 Å². The van der Waals surface area contributed by atoms with Gasteiger partial charge >= 0.3 is 59.7 Å². The van der Waals surface area contributed by atoms with Crippen LogP contribution in [0.1, 0.15) is 69.8 Å². The summed E-state index contributed by atoms with van der Waals surface area (Å²) in [6.45, 7) is 0.929. The molecule has 41 N–H and O–H groups in total. The van der Waals surface area contributed by atoms with Crippen LogP contribution in [0.4, 0.5) is 0 Å². The lowest BCUT2D eigenvalue weighted by Crippen LogP contribution is -2.34. The van der Waals surface area contributed by atoms with Gasteiger partial charge in [0.05, 0.1) is 25.8 Å². The Hall–Kier alpha value is -7.30. The van der Waals surface area contributed by atoms with Crippen LogP contribution >= 0.6 is 37.0 Å². The van der Waals surface area contributed by atoms with Gasteiger partial charge in [-0.15, -0.1) is 0 Å². The molecule has 0 saturated heterocycles. The number of benzene rings is 1. The highest BCUT2D eigenvalue weighted by Crippen LogP contribution is 2.11. The third kappa shape index (κ3) is 85.1. The first-order valence-electron chi connectivity index (χ1n) is 24.9. The Bertz CT molecular complexity index is 2010. The average Bonchev–Trinajstić information content (AvgIpc) is 3.43. The number of phenols is 1. The third-order valence-electron chi connectivity index (χ3n) is 8.65. The highest BCUT2D eigenvalue weighted by molar-refractivity contribution is 7.98. The van der Waals surface area contributed by atoms with Gasteiger partial charge in [-0.1, -0.05) is 25.0 Å². The average molecular weight is 1340 g/mol. The SMILES string of the molecule is CSCC[C@H](N)C(=O)O.NC(=O)C[C@H](N)C(=O)O.NC(=O)C[C@H](N)C(=O)O.NC(=O)C[C@H](N)C(=O)O.NCC(=O)O.NCCCC[C@H](N)C(=O)O.NCCCC[C@H](N)C(=O)O.N[C@@H](CS)C(=O)O.N[C@@H](CS)C(=O)O.N[C@@H](Cc1ccc(O)cc1)C(=O)O. The fourth-order valence-corrected chi connectivity index (χ4v) is 4.48. The fourth-order valence-electron chi connectivity index (χ4n) is 3.67. The van der Waals surface area contributed by atoms with Crippen LogP contribution < -0.4 is 86.0 Å². The quantitative estimate of drug-likeness (QED) is 0.0242. The minimum absolute atomic E-state index is 0.160. The van der Waals surface area contributed by atoms with Crippen molar-refractivity contribution in [1.29, 1.82) is 0 Å². The molecule has 0 radical (unpaired) electrons. The second-order valence-corrected chi connectivity index (χ2v) is 18.4. The predicted octanol–water partition coefficient (Wildman–Crippen LogP) is -7.94. The van der Waals surface area contributed by atoms with Crippen LogP contribution in [0, 0.1) is 0 Å². The van der Waals surface area contributed by atoms with E-state index in [9.17, 15) is 62.3 Å². The Balaban J connectivity index is -0.000000113. The Morgan fingerprint density at radius 2 is 0.636 bits per heavy atom. The zero-order valence-corrected chi connectivity index (χ0v) is 50.8. The lowest BCUT2D eigenvalue weighted by molar-refractivity contribution is -0.140. The number of carboxylic acid groups (broad SMARTS) is 10. The van der Waals surface area contributed by atoms with Crippen LogP contribution in [0.2, 0.25) is 0 Å². The number of hydrogen-bond acceptors (Lipinski definition) is 29. The van der Waals surface area contributed by atoms with E-state index in [0.717, 1.165) is 37.0 Å². The largest absolute Gasteiger partial charge is 0.508 e. The first-order valence-corrected chi connectivity index (χ1v) is 27.6. The Kier molecular flexibility index (Phi) is 74.4. The molecule has 3 amide bonds. The summed E-state index contributed by atoms with van der Waals surface area (Å²) in [6.07, 6.45) is 6.15. The van der Waals surface area contributed by atoms with Gasteiger partial charge in [-0.05, 0) is 81.3 Å². The van der Waals surface area contributed by atoms with E-state index in [1.807, 2.05) is 6.26 Å². The van der Waals surface area contributed by atoms with Gasteiger partial charge in [-0.2, -0.15) is 37.0 Å². The Morgan fingerprint density at radius 1 is 0.398 bits per heavy atom. The summed E-state index contributed by atoms with van der Waals surface area (Å²) in [5.74, 6) is -11.2. The van der Waals surface area contributed by atoms with Gasteiger partial charge in [0.1, 0.15) is 60.1 Å². The van der Waals surface area contributed by atoms with E-state index in [2.05, 4.69) is 48.2 Å². The van der Waals surface area contributed by atoms with E-state index in [0.29, 0.717) is 32.4 Å². The van der Waals surface area contributed by atoms with E-state index in [1.165, 1.54) is 12.1 Å². The summed E-state index contributed by atoms with van der Waals surface area (Å²) in [4.78, 5) is 129. The summed E-state index contributed by atoms with van der Waals surface area (Å²) in [6, 6.07) is -1.82. The molecule has 42 heteroatoms. The van der Waals surface area contributed by atoms with Crippen molar-refractivity contribution in [2.24, 2.45) is 86.0 Å². The van der Waals surface area contributed by atoms with E-state index >= 15 is 0 Å². The van der Waals surface area contributed by atoms with Crippen molar-refractivity contribution >= 4 is 114 Å². The summed E-state index contributed by atoms with van der Waals surface area (Å²) in [7, 11) is 0. The van der Waals surface area contributed by atoms with E-state index in [-0.39, 0.29) is 49.5 Å². The number of thiol groups is 2. The van der Waals surface area contributed by atoms with Crippen LogP contribution in [0.3, 0.4) is 0 Å². The maximum atomic E-state index is 10.4. The molecule has 0 aliphatic heterocycles. The van der Waals surface area contributed by atoms with Crippen molar-refractivity contribution in [2.45, 2.75) is 125 Å². The van der Waals surface area contributed by atoms with Crippen LogP contribution in [-0.4, -0.2) is 231 Å². The lowest BCUT2D eigenvalue weighted by Gasteiger charge is -2.05. The number of unbranched alkanes of at least 4 members (excludes halogenated alkanes) is 2. The Morgan fingerprint density at radius 3 is 0.795 bits per heavy atom. The number of nitrogens with two attached hydrogens (primary N) is 15. The van der Waals surface area contributed by atoms with Gasteiger partial charge in [0, 0.05) is 11.5 Å². The number of primary amides is 3. The van der Waals surface area contributed by atoms with Gasteiger partial charge in [0.2, 0.25) is 17.7 Å². The summed E-state index contributed by atoms with van der Waals surface area (Å²) < 4.78 is 0. The molecule has 0 aliphatic carbocycles. The van der Waals surface area contributed by atoms with Crippen molar-refractivity contribution in [3.8, 4) is 5.75 Å². The Labute approximate surface area is 520 Å². The molecule has 0 spiro atoms. The number of hydrogen-bond donors (Lipinski definition) is 28. The molecule has 0 aromatic heterocycles. The molecule has 0 unspecified atom stereocenters. The van der Waals surface area contributed by atoms with Gasteiger partial charge in [0.15, 0.2) is 0 Å². The van der Waals surface area contributed by atoms with Crippen molar-refractivity contribution in [1.82, 2.24) is 0 Å². The molecule has 1 aromatic carbocycles. The van der Waals surface area contributed by atoms with Crippen molar-refractivity contribution in [3.05, 3.63) is 29.8 Å². The number of phenolic OH excluding ortho intramolecular Hbond substituents is 1. The topological polar surface area (TPSA) is 835 Å². The van der Waals surface area contributed by atoms with Crippen LogP contribution in [-0.2, 0) is 68.7 Å². The molecule has 0 aliphatic rings. The molecular formula is C46H93N15O24S3. The maximum absolute atomic E-state index is 10.4. The lowest BCUT2D eigenvalue weighted by atomic mass is 10.1. The molecule has 9 atom stereocenters. The second kappa shape index (κ2) is 65.7. The number of carboxylic acids is 10. The number of thioether (sulfide) groups is 1. The maximum Gasteiger partial charge on any atom is 0.321 e. The van der Waals surface area contributed by atoms with Gasteiger partial charge in [-0.3, -0.25) is 62.3 Å². The van der Waals surface area contributed by atoms with Crippen molar-refractivity contribution < 1.29 is 119 Å². The highest BCUT2D eigenvalue weighted by Gasteiger charge is 2.16. The molecule has 514 valence electrons. The first-order chi connectivity index (χ1) is 40.4. The highest BCUT2D eigenvalue weighted by atomic mass is 32.2. The monoisotopic (exact) mass is 1340 g/mol. The molecule has 0 heterocycles. The van der Waals surface area contributed by atoms with Crippen LogP contribution in [0.25, 0.3) is 0 Å². The normalized spacial score (nSPS) is 12.5. The zero-order valence-electron chi connectivity index (χ0n) is 48.2. The number of aromatic hydroxyl groups is 1. The molecular weight excluding hydrogens is 1240 g/mol.